The maximum atomic E-state index is 11.6. The van der Waals surface area contributed by atoms with Crippen molar-refractivity contribution < 1.29 is 9.58 Å². The van der Waals surface area contributed by atoms with Crippen molar-refractivity contribution >= 4 is 12.0 Å². The van der Waals surface area contributed by atoms with Gasteiger partial charge in [0.25, 0.3) is 0 Å². The van der Waals surface area contributed by atoms with E-state index in [-0.39, 0.29) is 5.78 Å². The molecule has 0 aromatic rings. The first-order valence-corrected chi connectivity index (χ1v) is 6.04. The molecule has 17 heavy (non-hydrogen) atoms. The summed E-state index contributed by atoms with van der Waals surface area (Å²) < 4.78 is 0. The van der Waals surface area contributed by atoms with Crippen LogP contribution in [0.4, 0.5) is 0 Å². The van der Waals surface area contributed by atoms with Gasteiger partial charge < -0.3 is 5.53 Å². The van der Waals surface area contributed by atoms with Crippen molar-refractivity contribution in [3.05, 3.63) is 28.8 Å². The lowest BCUT2D eigenvalue weighted by Crippen LogP contribution is -2.24. The fourth-order valence-corrected chi connectivity index (χ4v) is 1.97. The molecule has 1 aliphatic carbocycles. The van der Waals surface area contributed by atoms with Crippen LogP contribution >= 0.6 is 0 Å². The molecule has 3 heteroatoms. The second-order valence-corrected chi connectivity index (χ2v) is 5.26. The van der Waals surface area contributed by atoms with Crippen LogP contribution in [0.3, 0.4) is 0 Å². The van der Waals surface area contributed by atoms with Crippen LogP contribution in [0, 0.1) is 5.41 Å². The van der Waals surface area contributed by atoms with Crippen LogP contribution in [-0.2, 0) is 4.79 Å². The van der Waals surface area contributed by atoms with Gasteiger partial charge in [-0.25, -0.2) is 0 Å². The molecule has 0 bridgehead atoms. The second-order valence-electron chi connectivity index (χ2n) is 5.26. The van der Waals surface area contributed by atoms with E-state index in [0.29, 0.717) is 6.42 Å². The fourth-order valence-electron chi connectivity index (χ4n) is 1.97. The van der Waals surface area contributed by atoms with Crippen molar-refractivity contribution in [3.63, 3.8) is 0 Å². The van der Waals surface area contributed by atoms with Crippen molar-refractivity contribution in [2.45, 2.75) is 46.5 Å². The van der Waals surface area contributed by atoms with E-state index in [9.17, 15) is 4.79 Å². The van der Waals surface area contributed by atoms with Gasteiger partial charge in [-0.2, -0.15) is 4.79 Å². The number of Topliss-reactive ketones (excluding diaryl/α,β-unsaturated/α-hetero) is 1. The Morgan fingerprint density at radius 1 is 1.47 bits per heavy atom. The third-order valence-corrected chi connectivity index (χ3v) is 3.34. The molecule has 0 N–H and O–H groups in total. The molecule has 92 valence electrons. The average molecular weight is 232 g/mol. The Balaban J connectivity index is 2.61. The molecule has 0 radical (unpaired) electrons. The van der Waals surface area contributed by atoms with Gasteiger partial charge in [-0.1, -0.05) is 31.6 Å². The van der Waals surface area contributed by atoms with Crippen LogP contribution in [0.1, 0.15) is 46.5 Å². The SMILES string of the molecule is CC1=C(/C=C/CC(C)(C)C(=O)C=[N+]=[N-])CCC1. The predicted molar refractivity (Wildman–Crippen MR) is 68.8 cm³/mol. The van der Waals surface area contributed by atoms with Gasteiger partial charge in [-0.15, -0.1) is 0 Å². The maximum Gasteiger partial charge on any atom is 0.323 e. The smallest absolute Gasteiger partial charge is 0.323 e. The summed E-state index contributed by atoms with van der Waals surface area (Å²) in [4.78, 5) is 14.4. The van der Waals surface area contributed by atoms with Crippen LogP contribution in [0.5, 0.6) is 0 Å². The number of ketones is 1. The predicted octanol–water partition coefficient (Wildman–Crippen LogP) is 3.33. The third-order valence-electron chi connectivity index (χ3n) is 3.34. The molecular formula is C14H20N2O. The fraction of sp³-hybridized carbons (Fsp3) is 0.571. The molecule has 0 aromatic carbocycles. The zero-order valence-electron chi connectivity index (χ0n) is 10.9. The number of carbonyl (C=O) groups is 1. The molecule has 0 aliphatic heterocycles. The minimum Gasteiger partial charge on any atom is -0.361 e. The van der Waals surface area contributed by atoms with E-state index in [1.165, 1.54) is 24.0 Å². The van der Waals surface area contributed by atoms with Crippen LogP contribution in [-0.4, -0.2) is 16.8 Å². The Hall–Kier alpha value is -1.47. The largest absolute Gasteiger partial charge is 0.361 e. The van der Waals surface area contributed by atoms with Gasteiger partial charge in [-0.05, 0) is 38.2 Å². The molecule has 0 spiro atoms. The highest BCUT2D eigenvalue weighted by Crippen LogP contribution is 2.27. The van der Waals surface area contributed by atoms with E-state index in [1.54, 1.807) is 0 Å². The highest BCUT2D eigenvalue weighted by molar-refractivity contribution is 6.27. The van der Waals surface area contributed by atoms with Crippen molar-refractivity contribution in [3.8, 4) is 0 Å². The van der Waals surface area contributed by atoms with E-state index in [4.69, 9.17) is 5.53 Å². The Morgan fingerprint density at radius 3 is 2.71 bits per heavy atom. The van der Waals surface area contributed by atoms with E-state index in [2.05, 4.69) is 17.8 Å². The summed E-state index contributed by atoms with van der Waals surface area (Å²) in [5.41, 5.74) is 10.7. The summed E-state index contributed by atoms with van der Waals surface area (Å²) in [6.45, 7) is 5.88. The summed E-state index contributed by atoms with van der Waals surface area (Å²) in [5, 5.41) is 0. The van der Waals surface area contributed by atoms with Crippen molar-refractivity contribution in [2.75, 3.05) is 0 Å². The number of hydrogen-bond acceptors (Lipinski definition) is 1. The molecule has 0 heterocycles. The Bertz CT molecular complexity index is 410. The number of nitrogens with zero attached hydrogens (tertiary/aromatic N) is 2. The topological polar surface area (TPSA) is 53.5 Å². The monoisotopic (exact) mass is 232 g/mol. The summed E-state index contributed by atoms with van der Waals surface area (Å²) in [5.74, 6) is -0.151. The minimum atomic E-state index is -0.504. The van der Waals surface area contributed by atoms with Gasteiger partial charge >= 0.3 is 6.21 Å². The second kappa shape index (κ2) is 5.74. The molecule has 1 aliphatic rings. The zero-order chi connectivity index (χ0) is 12.9. The summed E-state index contributed by atoms with van der Waals surface area (Å²) in [6.07, 6.45) is 9.41. The molecule has 1 rings (SSSR count). The zero-order valence-corrected chi connectivity index (χ0v) is 10.9. The van der Waals surface area contributed by atoms with Gasteiger partial charge in [0.2, 0.25) is 5.78 Å². The first kappa shape index (κ1) is 13.6. The molecule has 0 aromatic heterocycles. The van der Waals surface area contributed by atoms with Crippen LogP contribution in [0.2, 0.25) is 0 Å². The first-order chi connectivity index (χ1) is 7.97. The number of allylic oxidation sites excluding steroid dienone is 4. The number of hydrogen-bond donors (Lipinski definition) is 0. The Kier molecular flexibility index (Phi) is 4.59. The summed E-state index contributed by atoms with van der Waals surface area (Å²) in [6, 6.07) is 0. The van der Waals surface area contributed by atoms with Gasteiger partial charge in [0, 0.05) is 5.41 Å². The van der Waals surface area contributed by atoms with Crippen molar-refractivity contribution in [1.82, 2.24) is 0 Å². The molecule has 0 amide bonds. The first-order valence-electron chi connectivity index (χ1n) is 6.04. The Morgan fingerprint density at radius 2 is 2.18 bits per heavy atom. The highest BCUT2D eigenvalue weighted by Gasteiger charge is 2.27. The van der Waals surface area contributed by atoms with Gasteiger partial charge in [0.05, 0.1) is 0 Å². The van der Waals surface area contributed by atoms with Crippen LogP contribution in [0.25, 0.3) is 5.53 Å². The molecule has 0 unspecified atom stereocenters. The van der Waals surface area contributed by atoms with Gasteiger partial charge in [-0.3, -0.25) is 4.79 Å². The van der Waals surface area contributed by atoms with E-state index < -0.39 is 5.41 Å². The van der Waals surface area contributed by atoms with Crippen molar-refractivity contribution in [2.24, 2.45) is 5.41 Å². The molecule has 0 saturated heterocycles. The maximum absolute atomic E-state index is 11.6. The van der Waals surface area contributed by atoms with Crippen LogP contribution < -0.4 is 0 Å². The highest BCUT2D eigenvalue weighted by atomic mass is 16.1. The quantitative estimate of drug-likeness (QED) is 0.407. The number of carbonyl (C=O) groups excluding carboxylic acids is 1. The Labute approximate surface area is 103 Å². The molecule has 3 nitrogen and oxygen atoms in total. The normalized spacial score (nSPS) is 16.4. The summed E-state index contributed by atoms with van der Waals surface area (Å²) >= 11 is 0. The lowest BCUT2D eigenvalue weighted by molar-refractivity contribution is -0.123. The average Bonchev–Trinajstić information content (AvgIpc) is 2.65. The van der Waals surface area contributed by atoms with E-state index in [0.717, 1.165) is 12.6 Å². The number of rotatable bonds is 5. The van der Waals surface area contributed by atoms with Gasteiger partial charge in [0.15, 0.2) is 0 Å². The van der Waals surface area contributed by atoms with Gasteiger partial charge in [0.1, 0.15) is 0 Å². The van der Waals surface area contributed by atoms with Crippen molar-refractivity contribution in [1.29, 1.82) is 0 Å². The molecular weight excluding hydrogens is 212 g/mol. The van der Waals surface area contributed by atoms with E-state index in [1.807, 2.05) is 19.9 Å². The van der Waals surface area contributed by atoms with E-state index >= 15 is 0 Å². The van der Waals surface area contributed by atoms with Crippen LogP contribution in [0.15, 0.2) is 23.3 Å². The third kappa shape index (κ3) is 3.79. The lowest BCUT2D eigenvalue weighted by Gasteiger charge is -2.16. The lowest BCUT2D eigenvalue weighted by atomic mass is 9.84. The molecule has 0 atom stereocenters. The molecule has 0 saturated carbocycles. The standard InChI is InChI=1S/C14H20N2O/c1-11-6-4-7-12(11)8-5-9-14(2,3)13(17)10-16-15/h5,8,10H,4,6-7,9H2,1-3H3/b8-5+. The molecule has 0 fully saturated rings. The minimum absolute atomic E-state index is 0.151. The summed E-state index contributed by atoms with van der Waals surface area (Å²) in [7, 11) is 0.